The van der Waals surface area contributed by atoms with E-state index in [1.807, 2.05) is 25.1 Å². The van der Waals surface area contributed by atoms with Crippen molar-refractivity contribution in [2.75, 3.05) is 18.5 Å². The Kier molecular flexibility index (Phi) is 8.91. The topological polar surface area (TPSA) is 88.1 Å². The van der Waals surface area contributed by atoms with Gasteiger partial charge >= 0.3 is 5.97 Å². The average molecular weight is 534 g/mol. The lowest BCUT2D eigenvalue weighted by Crippen LogP contribution is -2.46. The fraction of sp³-hybridized carbons (Fsp3) is 0.241. The van der Waals surface area contributed by atoms with Crippen molar-refractivity contribution in [1.29, 1.82) is 0 Å². The minimum absolute atomic E-state index is 0.0204. The highest BCUT2D eigenvalue weighted by molar-refractivity contribution is 8.15. The fourth-order valence-corrected chi connectivity index (χ4v) is 5.02. The standard InChI is InChI=1S/C29H28FN3O4S/c1-3-37-28(36)21-9-13-23(14-10-21)32-29-33(16-15-20-7-11-22(30)12-8-20)26(34)18-25(38-29)27(35)31-24-6-4-5-19(2)17-24/h4-14,17,25H,3,15-16,18H2,1-2H3,(H,31,35). The van der Waals surface area contributed by atoms with Crippen molar-refractivity contribution < 1.29 is 23.5 Å². The second-order valence-corrected chi connectivity index (χ2v) is 9.92. The van der Waals surface area contributed by atoms with Crippen LogP contribution in [0.4, 0.5) is 15.8 Å². The number of thioether (sulfide) groups is 1. The van der Waals surface area contributed by atoms with Gasteiger partial charge in [0.05, 0.1) is 17.9 Å². The number of halogens is 1. The number of esters is 1. The number of amidine groups is 1. The van der Waals surface area contributed by atoms with Crippen LogP contribution in [0.25, 0.3) is 0 Å². The minimum atomic E-state index is -0.664. The summed E-state index contributed by atoms with van der Waals surface area (Å²) in [5, 5.41) is 2.62. The van der Waals surface area contributed by atoms with Gasteiger partial charge in [-0.15, -0.1) is 0 Å². The molecule has 7 nitrogen and oxygen atoms in total. The van der Waals surface area contributed by atoms with Gasteiger partial charge in [0, 0.05) is 18.7 Å². The molecule has 3 aromatic carbocycles. The summed E-state index contributed by atoms with van der Waals surface area (Å²) in [5.41, 5.74) is 3.47. The highest BCUT2D eigenvalue weighted by Gasteiger charge is 2.35. The van der Waals surface area contributed by atoms with Crippen LogP contribution in [-0.4, -0.2) is 46.3 Å². The van der Waals surface area contributed by atoms with Gasteiger partial charge in [-0.1, -0.05) is 36.0 Å². The van der Waals surface area contributed by atoms with Crippen molar-refractivity contribution in [3.05, 3.63) is 95.3 Å². The molecule has 0 aromatic heterocycles. The number of anilines is 1. The van der Waals surface area contributed by atoms with E-state index in [4.69, 9.17) is 4.74 Å². The maximum Gasteiger partial charge on any atom is 0.338 e. The first-order valence-electron chi connectivity index (χ1n) is 12.3. The van der Waals surface area contributed by atoms with Crippen molar-refractivity contribution >= 4 is 46.1 Å². The summed E-state index contributed by atoms with van der Waals surface area (Å²) in [6.07, 6.45) is 0.514. The van der Waals surface area contributed by atoms with Crippen molar-refractivity contribution in [3.63, 3.8) is 0 Å². The van der Waals surface area contributed by atoms with E-state index >= 15 is 0 Å². The number of ether oxygens (including phenoxy) is 1. The molecule has 1 aliphatic heterocycles. The zero-order chi connectivity index (χ0) is 27.1. The van der Waals surface area contributed by atoms with Gasteiger partial charge in [0.15, 0.2) is 5.17 Å². The molecule has 0 radical (unpaired) electrons. The summed E-state index contributed by atoms with van der Waals surface area (Å²) in [6.45, 7) is 4.27. The van der Waals surface area contributed by atoms with Gasteiger partial charge in [0.25, 0.3) is 0 Å². The number of aryl methyl sites for hydroxylation is 1. The van der Waals surface area contributed by atoms with E-state index in [2.05, 4.69) is 10.3 Å². The monoisotopic (exact) mass is 533 g/mol. The van der Waals surface area contributed by atoms with E-state index in [0.717, 1.165) is 11.1 Å². The van der Waals surface area contributed by atoms with Gasteiger partial charge < -0.3 is 10.1 Å². The number of carbonyl (C=O) groups is 3. The predicted octanol–water partition coefficient (Wildman–Crippen LogP) is 5.51. The number of hydrogen-bond acceptors (Lipinski definition) is 6. The van der Waals surface area contributed by atoms with Crippen LogP contribution in [0.1, 0.15) is 34.8 Å². The second-order valence-electron chi connectivity index (χ2n) is 8.75. The van der Waals surface area contributed by atoms with Crippen LogP contribution < -0.4 is 5.32 Å². The number of amides is 2. The van der Waals surface area contributed by atoms with E-state index in [-0.39, 0.29) is 30.7 Å². The zero-order valence-electron chi connectivity index (χ0n) is 21.1. The summed E-state index contributed by atoms with van der Waals surface area (Å²) >= 11 is 1.22. The molecule has 1 atom stereocenters. The van der Waals surface area contributed by atoms with Crippen LogP contribution in [0.15, 0.2) is 77.8 Å². The number of hydrogen-bond donors (Lipinski definition) is 1. The highest BCUT2D eigenvalue weighted by Crippen LogP contribution is 2.30. The number of benzene rings is 3. The molecule has 0 bridgehead atoms. The molecule has 0 spiro atoms. The number of aliphatic imine (C=N–C) groups is 1. The molecule has 3 aromatic rings. The molecule has 0 aliphatic carbocycles. The fourth-order valence-electron chi connectivity index (χ4n) is 3.90. The Hall–Kier alpha value is -3.98. The molecule has 196 valence electrons. The quantitative estimate of drug-likeness (QED) is 0.386. The molecule has 1 aliphatic rings. The lowest BCUT2D eigenvalue weighted by atomic mass is 10.1. The third kappa shape index (κ3) is 7.07. The Morgan fingerprint density at radius 1 is 1.11 bits per heavy atom. The Morgan fingerprint density at radius 2 is 1.84 bits per heavy atom. The predicted molar refractivity (Wildman–Crippen MR) is 147 cm³/mol. The zero-order valence-corrected chi connectivity index (χ0v) is 22.0. The molecule has 1 saturated heterocycles. The molecule has 1 heterocycles. The van der Waals surface area contributed by atoms with Crippen molar-refractivity contribution in [1.82, 2.24) is 4.90 Å². The smallest absolute Gasteiger partial charge is 0.338 e. The molecule has 0 saturated carbocycles. The molecule has 2 amide bonds. The Bertz CT molecular complexity index is 1340. The molecule has 1 N–H and O–H groups in total. The Labute approximate surface area is 225 Å². The van der Waals surface area contributed by atoms with E-state index in [1.54, 1.807) is 54.3 Å². The molecular formula is C29H28FN3O4S. The van der Waals surface area contributed by atoms with Gasteiger partial charge in [-0.3, -0.25) is 14.5 Å². The van der Waals surface area contributed by atoms with Crippen LogP contribution >= 0.6 is 11.8 Å². The Balaban J connectivity index is 1.56. The lowest BCUT2D eigenvalue weighted by molar-refractivity contribution is -0.129. The molecule has 1 fully saturated rings. The van der Waals surface area contributed by atoms with Crippen LogP contribution in [0.3, 0.4) is 0 Å². The third-order valence-electron chi connectivity index (χ3n) is 5.86. The average Bonchev–Trinajstić information content (AvgIpc) is 2.89. The van der Waals surface area contributed by atoms with Gasteiger partial charge in [-0.25, -0.2) is 14.2 Å². The van der Waals surface area contributed by atoms with Crippen LogP contribution in [0.2, 0.25) is 0 Å². The Morgan fingerprint density at radius 3 is 2.53 bits per heavy atom. The largest absolute Gasteiger partial charge is 0.462 e. The van der Waals surface area contributed by atoms with Crippen LogP contribution in [0.5, 0.6) is 0 Å². The van der Waals surface area contributed by atoms with E-state index in [9.17, 15) is 18.8 Å². The van der Waals surface area contributed by atoms with E-state index in [1.165, 1.54) is 23.9 Å². The van der Waals surface area contributed by atoms with E-state index < -0.39 is 11.2 Å². The SMILES string of the molecule is CCOC(=O)c1ccc(N=C2SC(C(=O)Nc3cccc(C)c3)CC(=O)N2CCc2ccc(F)cc2)cc1. The van der Waals surface area contributed by atoms with Gasteiger partial charge in [-0.05, 0) is 79.9 Å². The number of rotatable bonds is 8. The lowest BCUT2D eigenvalue weighted by Gasteiger charge is -2.32. The van der Waals surface area contributed by atoms with Crippen LogP contribution in [0, 0.1) is 12.7 Å². The maximum atomic E-state index is 13.3. The maximum absolute atomic E-state index is 13.3. The summed E-state index contributed by atoms with van der Waals surface area (Å²) in [6, 6.07) is 20.1. The molecule has 9 heteroatoms. The number of nitrogens with one attached hydrogen (secondary N) is 1. The third-order valence-corrected chi connectivity index (χ3v) is 7.05. The number of carbonyl (C=O) groups excluding carboxylic acids is 3. The molecule has 1 unspecified atom stereocenters. The molecular weight excluding hydrogens is 505 g/mol. The second kappa shape index (κ2) is 12.5. The van der Waals surface area contributed by atoms with Gasteiger partial charge in [-0.2, -0.15) is 0 Å². The molecule has 4 rings (SSSR count). The highest BCUT2D eigenvalue weighted by atomic mass is 32.2. The number of nitrogens with zero attached hydrogens (tertiary/aromatic N) is 2. The summed E-state index contributed by atoms with van der Waals surface area (Å²) in [5.74, 6) is -1.26. The van der Waals surface area contributed by atoms with E-state index in [0.29, 0.717) is 35.1 Å². The van der Waals surface area contributed by atoms with Crippen LogP contribution in [-0.2, 0) is 20.7 Å². The van der Waals surface area contributed by atoms with Gasteiger partial charge in [0.1, 0.15) is 11.1 Å². The van der Waals surface area contributed by atoms with Crippen molar-refractivity contribution in [2.45, 2.75) is 31.9 Å². The summed E-state index contributed by atoms with van der Waals surface area (Å²) < 4.78 is 18.3. The first-order chi connectivity index (χ1) is 18.3. The minimum Gasteiger partial charge on any atom is -0.462 e. The summed E-state index contributed by atoms with van der Waals surface area (Å²) in [4.78, 5) is 44.5. The first-order valence-corrected chi connectivity index (χ1v) is 13.1. The molecule has 38 heavy (non-hydrogen) atoms. The summed E-state index contributed by atoms with van der Waals surface area (Å²) in [7, 11) is 0. The normalized spacial score (nSPS) is 16.4. The van der Waals surface area contributed by atoms with Crippen molar-refractivity contribution in [2.24, 2.45) is 4.99 Å². The first kappa shape index (κ1) is 27.1. The van der Waals surface area contributed by atoms with Crippen molar-refractivity contribution in [3.8, 4) is 0 Å². The van der Waals surface area contributed by atoms with Gasteiger partial charge in [0.2, 0.25) is 11.8 Å².